The van der Waals surface area contributed by atoms with Gasteiger partial charge in [-0.25, -0.2) is 4.79 Å². The standard InChI is InChI=1S/C19H16Cl2F3NO4/c1-2-3-11-14(26)12(17(25)19(22,23)24)8-13(21)16(11)29-15(18(27)28)9-4-6-10(20)7-5-9/h4-8,15,25-26H,2-3H2,1H3,(H,27,28). The monoisotopic (exact) mass is 449 g/mol. The van der Waals surface area contributed by atoms with E-state index in [0.717, 1.165) is 6.07 Å². The van der Waals surface area contributed by atoms with Crippen molar-refractivity contribution < 1.29 is 32.9 Å². The van der Waals surface area contributed by atoms with Crippen molar-refractivity contribution in [2.45, 2.75) is 32.0 Å². The minimum atomic E-state index is -5.00. The lowest BCUT2D eigenvalue weighted by Gasteiger charge is -2.22. The summed E-state index contributed by atoms with van der Waals surface area (Å²) >= 11 is 11.9. The summed E-state index contributed by atoms with van der Waals surface area (Å²) in [5, 5.41) is 27.2. The third-order valence-electron chi connectivity index (χ3n) is 3.99. The lowest BCUT2D eigenvalue weighted by molar-refractivity contribution is -0.145. The van der Waals surface area contributed by atoms with E-state index in [4.69, 9.17) is 33.3 Å². The molecule has 0 saturated carbocycles. The van der Waals surface area contributed by atoms with Gasteiger partial charge in [0, 0.05) is 21.7 Å². The highest BCUT2D eigenvalue weighted by atomic mass is 35.5. The number of phenolic OH excluding ortho intramolecular Hbond substituents is 1. The number of carbonyl (C=O) groups is 1. The van der Waals surface area contributed by atoms with Crippen LogP contribution in [-0.4, -0.2) is 28.1 Å². The summed E-state index contributed by atoms with van der Waals surface area (Å²) in [6.45, 7) is 1.70. The molecule has 1 unspecified atom stereocenters. The second-order valence-electron chi connectivity index (χ2n) is 6.07. The summed E-state index contributed by atoms with van der Waals surface area (Å²) in [6.07, 6.45) is -6.11. The predicted octanol–water partition coefficient (Wildman–Crippen LogP) is 5.79. The summed E-state index contributed by atoms with van der Waals surface area (Å²) < 4.78 is 44.3. The van der Waals surface area contributed by atoms with Crippen LogP contribution in [0.5, 0.6) is 11.5 Å². The molecule has 0 radical (unpaired) electrons. The molecule has 0 aliphatic carbocycles. The van der Waals surface area contributed by atoms with Crippen molar-refractivity contribution in [2.24, 2.45) is 0 Å². The molecule has 10 heteroatoms. The molecule has 0 aliphatic heterocycles. The zero-order chi connectivity index (χ0) is 21.9. The third-order valence-corrected chi connectivity index (χ3v) is 4.52. The Labute approximate surface area is 174 Å². The molecule has 5 nitrogen and oxygen atoms in total. The van der Waals surface area contributed by atoms with Crippen molar-refractivity contribution in [3.63, 3.8) is 0 Å². The van der Waals surface area contributed by atoms with Crippen molar-refractivity contribution >= 4 is 34.9 Å². The Bertz CT molecular complexity index is 931. The molecule has 0 fully saturated rings. The number of rotatable bonds is 7. The second-order valence-corrected chi connectivity index (χ2v) is 6.92. The zero-order valence-corrected chi connectivity index (χ0v) is 16.5. The Morgan fingerprint density at radius 1 is 1.24 bits per heavy atom. The van der Waals surface area contributed by atoms with Crippen molar-refractivity contribution in [1.82, 2.24) is 0 Å². The number of nitrogens with one attached hydrogen (secondary N) is 1. The first-order chi connectivity index (χ1) is 13.5. The molecular formula is C19H16Cl2F3NO4. The van der Waals surface area contributed by atoms with Gasteiger partial charge < -0.3 is 14.9 Å². The molecule has 1 atom stereocenters. The molecule has 0 spiro atoms. The molecule has 3 N–H and O–H groups in total. The summed E-state index contributed by atoms with van der Waals surface area (Å²) in [5.41, 5.74) is -2.47. The number of hydrogen-bond donors (Lipinski definition) is 3. The molecule has 2 rings (SSSR count). The van der Waals surface area contributed by atoms with E-state index in [1.807, 2.05) is 0 Å². The fourth-order valence-electron chi connectivity index (χ4n) is 2.64. The Kier molecular flexibility index (Phi) is 7.02. The number of halogens is 5. The summed E-state index contributed by atoms with van der Waals surface area (Å²) in [6, 6.07) is 6.48. The lowest BCUT2D eigenvalue weighted by atomic mass is 9.99. The number of phenols is 1. The van der Waals surface area contributed by atoms with Gasteiger partial charge in [-0.3, -0.25) is 5.41 Å². The first-order valence-corrected chi connectivity index (χ1v) is 9.08. The van der Waals surface area contributed by atoms with E-state index in [9.17, 15) is 28.2 Å². The molecule has 0 bridgehead atoms. The zero-order valence-electron chi connectivity index (χ0n) is 15.0. The van der Waals surface area contributed by atoms with Crippen LogP contribution in [0.25, 0.3) is 0 Å². The maximum Gasteiger partial charge on any atom is 0.433 e. The van der Waals surface area contributed by atoms with Crippen molar-refractivity contribution in [2.75, 3.05) is 0 Å². The fraction of sp³-hybridized carbons (Fsp3) is 0.263. The van der Waals surface area contributed by atoms with Crippen LogP contribution in [0.3, 0.4) is 0 Å². The maximum absolute atomic E-state index is 12.9. The number of carboxylic acid groups (broad SMARTS) is 1. The van der Waals surface area contributed by atoms with Gasteiger partial charge in [-0.1, -0.05) is 48.7 Å². The molecule has 0 aromatic heterocycles. The molecule has 0 saturated heterocycles. The highest BCUT2D eigenvalue weighted by molar-refractivity contribution is 6.33. The molecule has 2 aromatic rings. The normalized spacial score (nSPS) is 12.5. The maximum atomic E-state index is 12.9. The van der Waals surface area contributed by atoms with Gasteiger partial charge in [0.15, 0.2) is 0 Å². The number of aliphatic carboxylic acids is 1. The van der Waals surface area contributed by atoms with E-state index in [1.165, 1.54) is 24.3 Å². The molecule has 0 aliphatic rings. The second kappa shape index (κ2) is 8.92. The van der Waals surface area contributed by atoms with Crippen molar-refractivity contribution in [1.29, 1.82) is 5.41 Å². The quantitative estimate of drug-likeness (QED) is 0.466. The molecule has 0 heterocycles. The van der Waals surface area contributed by atoms with E-state index >= 15 is 0 Å². The van der Waals surface area contributed by atoms with Crippen LogP contribution >= 0.6 is 23.2 Å². The summed E-state index contributed by atoms with van der Waals surface area (Å²) in [5.74, 6) is -2.46. The molecule has 0 amide bonds. The van der Waals surface area contributed by atoms with E-state index in [0.29, 0.717) is 11.4 Å². The minimum absolute atomic E-state index is 0.0484. The fourth-order valence-corrected chi connectivity index (χ4v) is 3.04. The van der Waals surface area contributed by atoms with E-state index in [1.54, 1.807) is 6.92 Å². The van der Waals surface area contributed by atoms with Crippen molar-refractivity contribution in [3.8, 4) is 11.5 Å². The van der Waals surface area contributed by atoms with Crippen LogP contribution < -0.4 is 4.74 Å². The molecule has 29 heavy (non-hydrogen) atoms. The van der Waals surface area contributed by atoms with Gasteiger partial charge in [0.05, 0.1) is 5.02 Å². The summed E-state index contributed by atoms with van der Waals surface area (Å²) in [7, 11) is 0. The number of alkyl halides is 3. The average Bonchev–Trinajstić information content (AvgIpc) is 2.63. The number of aromatic hydroxyl groups is 1. The SMILES string of the molecule is CCCc1c(O)c(C(=N)C(F)(F)F)cc(Cl)c1OC(C(=O)O)c1ccc(Cl)cc1. The largest absolute Gasteiger partial charge is 0.507 e. The minimum Gasteiger partial charge on any atom is -0.507 e. The van der Waals surface area contributed by atoms with Gasteiger partial charge >= 0.3 is 12.1 Å². The molecular weight excluding hydrogens is 434 g/mol. The Balaban J connectivity index is 2.58. The highest BCUT2D eigenvalue weighted by Crippen LogP contribution is 2.42. The van der Waals surface area contributed by atoms with E-state index in [2.05, 4.69) is 0 Å². The van der Waals surface area contributed by atoms with E-state index in [-0.39, 0.29) is 28.3 Å². The number of hydrogen-bond acceptors (Lipinski definition) is 4. The van der Waals surface area contributed by atoms with Crippen LogP contribution in [0.4, 0.5) is 13.2 Å². The molecule has 2 aromatic carbocycles. The van der Waals surface area contributed by atoms with Gasteiger partial charge in [-0.15, -0.1) is 0 Å². The van der Waals surface area contributed by atoms with Crippen LogP contribution in [0.1, 0.15) is 36.1 Å². The predicted molar refractivity (Wildman–Crippen MR) is 102 cm³/mol. The van der Waals surface area contributed by atoms with Crippen LogP contribution in [0.15, 0.2) is 30.3 Å². The lowest BCUT2D eigenvalue weighted by Crippen LogP contribution is -2.24. The Hall–Kier alpha value is -2.45. The Morgan fingerprint density at radius 3 is 2.31 bits per heavy atom. The average molecular weight is 450 g/mol. The topological polar surface area (TPSA) is 90.6 Å². The third kappa shape index (κ3) is 5.13. The van der Waals surface area contributed by atoms with Gasteiger partial charge in [0.1, 0.15) is 17.2 Å². The number of ether oxygens (including phenoxy) is 1. The van der Waals surface area contributed by atoms with Crippen LogP contribution in [0, 0.1) is 5.41 Å². The van der Waals surface area contributed by atoms with Gasteiger partial charge in [-0.2, -0.15) is 13.2 Å². The smallest absolute Gasteiger partial charge is 0.433 e. The molecule has 156 valence electrons. The van der Waals surface area contributed by atoms with Gasteiger partial charge in [0.2, 0.25) is 6.10 Å². The van der Waals surface area contributed by atoms with E-state index < -0.39 is 35.3 Å². The summed E-state index contributed by atoms with van der Waals surface area (Å²) in [4.78, 5) is 11.7. The first-order valence-electron chi connectivity index (χ1n) is 8.32. The number of carboxylic acids is 1. The van der Waals surface area contributed by atoms with Crippen LogP contribution in [-0.2, 0) is 11.2 Å². The van der Waals surface area contributed by atoms with Crippen molar-refractivity contribution in [3.05, 3.63) is 57.1 Å². The number of benzene rings is 2. The van der Waals surface area contributed by atoms with Gasteiger partial charge in [0.25, 0.3) is 0 Å². The Morgan fingerprint density at radius 2 is 1.83 bits per heavy atom. The van der Waals surface area contributed by atoms with Gasteiger partial charge in [-0.05, 0) is 24.6 Å². The first kappa shape index (κ1) is 22.8. The highest BCUT2D eigenvalue weighted by Gasteiger charge is 2.38. The van der Waals surface area contributed by atoms with Crippen LogP contribution in [0.2, 0.25) is 10.0 Å².